The van der Waals surface area contributed by atoms with Gasteiger partial charge < -0.3 is 5.32 Å². The van der Waals surface area contributed by atoms with Crippen molar-refractivity contribution in [2.75, 3.05) is 6.54 Å². The Morgan fingerprint density at radius 3 is 2.85 bits per heavy atom. The van der Waals surface area contributed by atoms with Gasteiger partial charge in [-0.15, -0.1) is 0 Å². The summed E-state index contributed by atoms with van der Waals surface area (Å²) in [6.07, 6.45) is -1.06. The summed E-state index contributed by atoms with van der Waals surface area (Å²) < 4.78 is 27.8. The topological polar surface area (TPSA) is 29.9 Å². The first-order chi connectivity index (χ1) is 9.61. The molecule has 1 aromatic heterocycles. The summed E-state index contributed by atoms with van der Waals surface area (Å²) in [7, 11) is 0. The summed E-state index contributed by atoms with van der Waals surface area (Å²) >= 11 is 5.90. The second kappa shape index (κ2) is 6.81. The van der Waals surface area contributed by atoms with Crippen LogP contribution in [0.1, 0.15) is 30.2 Å². The van der Waals surface area contributed by atoms with Crippen molar-refractivity contribution in [1.82, 2.24) is 15.1 Å². The number of alkyl halides is 2. The predicted octanol–water partition coefficient (Wildman–Crippen LogP) is 3.63. The molecule has 0 aliphatic rings. The highest BCUT2D eigenvalue weighted by molar-refractivity contribution is 6.30. The molecule has 0 radical (unpaired) electrons. The maximum Gasteiger partial charge on any atom is 0.280 e. The van der Waals surface area contributed by atoms with Gasteiger partial charge >= 0.3 is 0 Å². The van der Waals surface area contributed by atoms with Gasteiger partial charge in [-0.05, 0) is 24.2 Å². The monoisotopic (exact) mass is 299 g/mol. The number of benzene rings is 1. The first-order valence-corrected chi connectivity index (χ1v) is 6.77. The molecule has 1 aromatic carbocycles. The molecule has 3 nitrogen and oxygen atoms in total. The van der Waals surface area contributed by atoms with Gasteiger partial charge in [0.1, 0.15) is 5.69 Å². The van der Waals surface area contributed by atoms with E-state index in [-0.39, 0.29) is 12.2 Å². The van der Waals surface area contributed by atoms with Gasteiger partial charge in [-0.25, -0.2) is 8.78 Å². The summed E-state index contributed by atoms with van der Waals surface area (Å²) in [5.41, 5.74) is 1.34. The summed E-state index contributed by atoms with van der Waals surface area (Å²) in [6, 6.07) is 7.14. The minimum atomic E-state index is -2.55. The third kappa shape index (κ3) is 3.55. The molecule has 0 atom stereocenters. The zero-order valence-electron chi connectivity index (χ0n) is 11.1. The molecule has 1 heterocycles. The lowest BCUT2D eigenvalue weighted by Gasteiger charge is -2.09. The van der Waals surface area contributed by atoms with Crippen molar-refractivity contribution in [2.45, 2.75) is 26.4 Å². The Morgan fingerprint density at radius 1 is 1.40 bits per heavy atom. The van der Waals surface area contributed by atoms with Crippen LogP contribution in [0.5, 0.6) is 0 Å². The summed E-state index contributed by atoms with van der Waals surface area (Å²) in [4.78, 5) is 0. The molecule has 0 aliphatic carbocycles. The Balaban J connectivity index is 2.25. The normalized spacial score (nSPS) is 11.2. The lowest BCUT2D eigenvalue weighted by molar-refractivity contribution is 0.138. The van der Waals surface area contributed by atoms with Gasteiger partial charge in [0.25, 0.3) is 6.43 Å². The van der Waals surface area contributed by atoms with Crippen LogP contribution in [0.15, 0.2) is 30.5 Å². The smallest absolute Gasteiger partial charge is 0.280 e. The standard InChI is InChI=1S/C14H16ClF2N3/c1-2-18-7-11-8-19-20(13(11)14(16)17)9-10-4-3-5-12(15)6-10/h3-6,8,14,18H,2,7,9H2,1H3. The van der Waals surface area contributed by atoms with Gasteiger partial charge in [-0.2, -0.15) is 5.10 Å². The molecule has 2 rings (SSSR count). The van der Waals surface area contributed by atoms with E-state index in [0.29, 0.717) is 17.1 Å². The predicted molar refractivity (Wildman–Crippen MR) is 75.1 cm³/mol. The Hall–Kier alpha value is -1.46. The highest BCUT2D eigenvalue weighted by Gasteiger charge is 2.19. The third-order valence-corrected chi connectivity index (χ3v) is 3.19. The molecule has 0 aliphatic heterocycles. The van der Waals surface area contributed by atoms with Crippen LogP contribution in [-0.2, 0) is 13.1 Å². The van der Waals surface area contributed by atoms with Crippen molar-refractivity contribution >= 4 is 11.6 Å². The Labute approximate surface area is 121 Å². The zero-order valence-corrected chi connectivity index (χ0v) is 11.9. The van der Waals surface area contributed by atoms with E-state index in [4.69, 9.17) is 11.6 Å². The molecule has 6 heteroatoms. The molecule has 0 bridgehead atoms. The fourth-order valence-electron chi connectivity index (χ4n) is 2.02. The van der Waals surface area contributed by atoms with Crippen molar-refractivity contribution < 1.29 is 8.78 Å². The van der Waals surface area contributed by atoms with Crippen molar-refractivity contribution in [3.8, 4) is 0 Å². The van der Waals surface area contributed by atoms with Crippen molar-refractivity contribution in [1.29, 1.82) is 0 Å². The molecule has 20 heavy (non-hydrogen) atoms. The number of aromatic nitrogens is 2. The van der Waals surface area contributed by atoms with Crippen molar-refractivity contribution in [3.05, 3.63) is 52.3 Å². The fraction of sp³-hybridized carbons (Fsp3) is 0.357. The Kier molecular flexibility index (Phi) is 5.09. The van der Waals surface area contributed by atoms with Gasteiger partial charge in [0.2, 0.25) is 0 Å². The quantitative estimate of drug-likeness (QED) is 0.882. The number of hydrogen-bond acceptors (Lipinski definition) is 2. The number of nitrogens with zero attached hydrogens (tertiary/aromatic N) is 2. The Bertz CT molecular complexity index is 569. The highest BCUT2D eigenvalue weighted by Crippen LogP contribution is 2.24. The van der Waals surface area contributed by atoms with Crippen molar-refractivity contribution in [3.63, 3.8) is 0 Å². The Morgan fingerprint density at radius 2 is 2.20 bits per heavy atom. The molecule has 0 fully saturated rings. The SMILES string of the molecule is CCNCc1cnn(Cc2cccc(Cl)c2)c1C(F)F. The zero-order chi connectivity index (χ0) is 14.5. The number of rotatable bonds is 6. The number of halogens is 3. The lowest BCUT2D eigenvalue weighted by Crippen LogP contribution is -2.14. The van der Waals surface area contributed by atoms with Crippen LogP contribution in [0.2, 0.25) is 5.02 Å². The lowest BCUT2D eigenvalue weighted by atomic mass is 10.2. The first kappa shape index (κ1) is 14.9. The number of nitrogens with one attached hydrogen (secondary N) is 1. The van der Waals surface area contributed by atoms with E-state index in [2.05, 4.69) is 10.4 Å². The maximum absolute atomic E-state index is 13.2. The van der Waals surface area contributed by atoms with Crippen LogP contribution < -0.4 is 5.32 Å². The first-order valence-electron chi connectivity index (χ1n) is 6.39. The summed E-state index contributed by atoms with van der Waals surface area (Å²) in [5.74, 6) is 0. The van der Waals surface area contributed by atoms with E-state index in [1.807, 2.05) is 13.0 Å². The molecule has 108 valence electrons. The molecule has 1 N–H and O–H groups in total. The summed E-state index contributed by atoms with van der Waals surface area (Å²) in [5, 5.41) is 7.69. The van der Waals surface area contributed by atoms with Gasteiger partial charge in [0, 0.05) is 17.1 Å². The second-order valence-electron chi connectivity index (χ2n) is 4.42. The molecule has 0 unspecified atom stereocenters. The highest BCUT2D eigenvalue weighted by atomic mass is 35.5. The minimum absolute atomic E-state index is 0.0362. The van der Waals surface area contributed by atoms with E-state index >= 15 is 0 Å². The van der Waals surface area contributed by atoms with Crippen molar-refractivity contribution in [2.24, 2.45) is 0 Å². The van der Waals surface area contributed by atoms with Gasteiger partial charge in [-0.3, -0.25) is 4.68 Å². The summed E-state index contributed by atoms with van der Waals surface area (Å²) in [6.45, 7) is 3.33. The molecule has 0 saturated heterocycles. The second-order valence-corrected chi connectivity index (χ2v) is 4.86. The largest absolute Gasteiger partial charge is 0.313 e. The maximum atomic E-state index is 13.2. The molecule has 0 saturated carbocycles. The molecule has 0 amide bonds. The minimum Gasteiger partial charge on any atom is -0.313 e. The average Bonchev–Trinajstić information content (AvgIpc) is 2.79. The van der Waals surface area contributed by atoms with E-state index in [0.717, 1.165) is 12.1 Å². The fourth-order valence-corrected chi connectivity index (χ4v) is 2.23. The molecular formula is C14H16ClF2N3. The van der Waals surface area contributed by atoms with E-state index < -0.39 is 6.43 Å². The van der Waals surface area contributed by atoms with Crippen LogP contribution in [0.25, 0.3) is 0 Å². The number of hydrogen-bond donors (Lipinski definition) is 1. The average molecular weight is 300 g/mol. The van der Waals surface area contributed by atoms with Crippen LogP contribution in [0, 0.1) is 0 Å². The van der Waals surface area contributed by atoms with E-state index in [9.17, 15) is 8.78 Å². The van der Waals surface area contributed by atoms with Crippen LogP contribution in [0.4, 0.5) is 8.78 Å². The van der Waals surface area contributed by atoms with E-state index in [1.165, 1.54) is 10.9 Å². The van der Waals surface area contributed by atoms with Crippen LogP contribution in [-0.4, -0.2) is 16.3 Å². The third-order valence-electron chi connectivity index (χ3n) is 2.95. The molecule has 2 aromatic rings. The van der Waals surface area contributed by atoms with Crippen LogP contribution >= 0.6 is 11.6 Å². The van der Waals surface area contributed by atoms with E-state index in [1.54, 1.807) is 18.2 Å². The van der Waals surface area contributed by atoms with Gasteiger partial charge in [-0.1, -0.05) is 30.7 Å². The molecule has 0 spiro atoms. The van der Waals surface area contributed by atoms with Gasteiger partial charge in [0.05, 0.1) is 12.7 Å². The van der Waals surface area contributed by atoms with Crippen LogP contribution in [0.3, 0.4) is 0 Å². The molecular weight excluding hydrogens is 284 g/mol. The van der Waals surface area contributed by atoms with Gasteiger partial charge in [0.15, 0.2) is 0 Å².